The normalized spacial score (nSPS) is 38.2. The third-order valence-corrected chi connectivity index (χ3v) is 3.92. The zero-order chi connectivity index (χ0) is 11.8. The van der Waals surface area contributed by atoms with Crippen LogP contribution in [0, 0.1) is 11.3 Å². The molecule has 2 aliphatic carbocycles. The molecule has 0 amide bonds. The van der Waals surface area contributed by atoms with Crippen molar-refractivity contribution in [1.82, 2.24) is 0 Å². The Kier molecular flexibility index (Phi) is 3.02. The number of hydrogen-bond donors (Lipinski definition) is 1. The molecule has 2 fully saturated rings. The van der Waals surface area contributed by atoms with E-state index >= 15 is 0 Å². The molecule has 1 N–H and O–H groups in total. The summed E-state index contributed by atoms with van der Waals surface area (Å²) in [4.78, 5) is 24.1. The molecule has 0 saturated heterocycles. The number of aliphatic hydroxyl groups is 1. The molecule has 2 rings (SSSR count). The lowest BCUT2D eigenvalue weighted by atomic mass is 9.60. The summed E-state index contributed by atoms with van der Waals surface area (Å²) in [6.07, 6.45) is 2.55. The van der Waals surface area contributed by atoms with E-state index in [0.29, 0.717) is 32.3 Å². The van der Waals surface area contributed by atoms with Crippen LogP contribution in [0.25, 0.3) is 0 Å². The second-order valence-electron chi connectivity index (χ2n) is 4.77. The van der Waals surface area contributed by atoms with Gasteiger partial charge in [-0.1, -0.05) is 6.42 Å². The van der Waals surface area contributed by atoms with Crippen LogP contribution in [-0.4, -0.2) is 29.6 Å². The Morgan fingerprint density at radius 2 is 2.25 bits per heavy atom. The number of hydrogen-bond acceptors (Lipinski definition) is 4. The van der Waals surface area contributed by atoms with Gasteiger partial charge in [0.25, 0.3) is 0 Å². The molecule has 3 atom stereocenters. The van der Waals surface area contributed by atoms with Crippen molar-refractivity contribution >= 4 is 11.8 Å². The number of fused-ring (bicyclic) bond motifs is 2. The van der Waals surface area contributed by atoms with Crippen LogP contribution >= 0.6 is 0 Å². The van der Waals surface area contributed by atoms with Crippen LogP contribution in [0.4, 0.5) is 0 Å². The highest BCUT2D eigenvalue weighted by atomic mass is 16.5. The van der Waals surface area contributed by atoms with E-state index in [2.05, 4.69) is 0 Å². The third kappa shape index (κ3) is 1.56. The van der Waals surface area contributed by atoms with Gasteiger partial charge in [-0.15, -0.1) is 0 Å². The van der Waals surface area contributed by atoms with E-state index in [-0.39, 0.29) is 17.7 Å². The summed E-state index contributed by atoms with van der Waals surface area (Å²) in [5.74, 6) is -0.806. The van der Waals surface area contributed by atoms with Gasteiger partial charge in [0, 0.05) is 5.92 Å². The Morgan fingerprint density at radius 1 is 1.50 bits per heavy atom. The van der Waals surface area contributed by atoms with Gasteiger partial charge in [0.15, 0.2) is 5.78 Å². The summed E-state index contributed by atoms with van der Waals surface area (Å²) in [5.41, 5.74) is -0.932. The van der Waals surface area contributed by atoms with Crippen molar-refractivity contribution in [2.75, 3.05) is 6.61 Å². The predicted octanol–water partition coefficient (Wildman–Crippen LogP) is 1.06. The van der Waals surface area contributed by atoms with Gasteiger partial charge in [-0.05, 0) is 32.6 Å². The van der Waals surface area contributed by atoms with E-state index in [1.807, 2.05) is 0 Å². The van der Waals surface area contributed by atoms with Crippen LogP contribution in [-0.2, 0) is 14.3 Å². The molecule has 2 saturated carbocycles. The van der Waals surface area contributed by atoms with Crippen molar-refractivity contribution in [1.29, 1.82) is 0 Å². The van der Waals surface area contributed by atoms with Gasteiger partial charge < -0.3 is 9.84 Å². The molecular weight excluding hydrogens is 208 g/mol. The molecule has 4 heteroatoms. The van der Waals surface area contributed by atoms with Gasteiger partial charge in [0.05, 0.1) is 12.7 Å². The van der Waals surface area contributed by atoms with Gasteiger partial charge in [0.1, 0.15) is 5.41 Å². The van der Waals surface area contributed by atoms with E-state index in [9.17, 15) is 14.7 Å². The summed E-state index contributed by atoms with van der Waals surface area (Å²) in [6, 6.07) is 0. The molecule has 2 bridgehead atoms. The van der Waals surface area contributed by atoms with Crippen molar-refractivity contribution in [3.63, 3.8) is 0 Å². The average Bonchev–Trinajstić information content (AvgIpc) is 2.25. The summed E-state index contributed by atoms with van der Waals surface area (Å²) < 4.78 is 5.02. The highest BCUT2D eigenvalue weighted by molar-refractivity contribution is 6.06. The largest absolute Gasteiger partial charge is 0.465 e. The van der Waals surface area contributed by atoms with Gasteiger partial charge in [-0.25, -0.2) is 0 Å². The molecule has 0 radical (unpaired) electrons. The predicted molar refractivity (Wildman–Crippen MR) is 56.7 cm³/mol. The first-order valence-corrected chi connectivity index (χ1v) is 6.01. The molecule has 0 aromatic carbocycles. The number of aliphatic hydroxyl groups excluding tert-OH is 1. The molecule has 0 aliphatic heterocycles. The lowest BCUT2D eigenvalue weighted by molar-refractivity contribution is -0.171. The zero-order valence-electron chi connectivity index (χ0n) is 9.57. The minimum Gasteiger partial charge on any atom is -0.465 e. The third-order valence-electron chi connectivity index (χ3n) is 3.92. The van der Waals surface area contributed by atoms with Gasteiger partial charge in [0.2, 0.25) is 0 Å². The molecule has 4 nitrogen and oxygen atoms in total. The minimum atomic E-state index is -0.932. The van der Waals surface area contributed by atoms with Crippen LogP contribution in [0.1, 0.15) is 39.0 Å². The summed E-state index contributed by atoms with van der Waals surface area (Å²) >= 11 is 0. The number of rotatable bonds is 2. The lowest BCUT2D eigenvalue weighted by Gasteiger charge is -2.43. The van der Waals surface area contributed by atoms with Gasteiger partial charge in [-0.2, -0.15) is 0 Å². The molecule has 0 aromatic heterocycles. The molecular formula is C12H18O4. The maximum absolute atomic E-state index is 12.2. The Morgan fingerprint density at radius 3 is 2.94 bits per heavy atom. The zero-order valence-corrected chi connectivity index (χ0v) is 9.57. The highest BCUT2D eigenvalue weighted by Gasteiger charge is 2.55. The number of carbonyl (C=O) groups excluding carboxylic acids is 2. The van der Waals surface area contributed by atoms with Crippen molar-refractivity contribution < 1.29 is 19.4 Å². The summed E-state index contributed by atoms with van der Waals surface area (Å²) in [6.45, 7) is 2.05. The Balaban J connectivity index is 2.25. The highest BCUT2D eigenvalue weighted by Crippen LogP contribution is 2.47. The van der Waals surface area contributed by atoms with E-state index in [4.69, 9.17) is 4.74 Å². The van der Waals surface area contributed by atoms with Crippen LogP contribution in [0.5, 0.6) is 0 Å². The molecule has 3 unspecified atom stereocenters. The second-order valence-corrected chi connectivity index (χ2v) is 4.77. The van der Waals surface area contributed by atoms with Crippen LogP contribution < -0.4 is 0 Å². The fraction of sp³-hybridized carbons (Fsp3) is 0.833. The minimum absolute atomic E-state index is 0.0871. The number of ketones is 1. The first-order valence-electron chi connectivity index (χ1n) is 6.01. The molecule has 0 spiro atoms. The van der Waals surface area contributed by atoms with Crippen molar-refractivity contribution in [3.05, 3.63) is 0 Å². The van der Waals surface area contributed by atoms with Crippen molar-refractivity contribution in [2.24, 2.45) is 11.3 Å². The van der Waals surface area contributed by atoms with Crippen LogP contribution in [0.15, 0.2) is 0 Å². The van der Waals surface area contributed by atoms with E-state index in [1.54, 1.807) is 6.92 Å². The Bertz CT molecular complexity index is 312. The van der Waals surface area contributed by atoms with Crippen LogP contribution in [0.2, 0.25) is 0 Å². The smallest absolute Gasteiger partial charge is 0.319 e. The Labute approximate surface area is 95.0 Å². The molecule has 16 heavy (non-hydrogen) atoms. The van der Waals surface area contributed by atoms with E-state index in [0.717, 1.165) is 6.42 Å². The van der Waals surface area contributed by atoms with Gasteiger partial charge in [-0.3, -0.25) is 9.59 Å². The SMILES string of the molecule is CCOC(=O)C12CCCC(C1=O)C(O)CC2. The number of carbonyl (C=O) groups is 2. The summed E-state index contributed by atoms with van der Waals surface area (Å²) in [5, 5.41) is 9.74. The summed E-state index contributed by atoms with van der Waals surface area (Å²) in [7, 11) is 0. The lowest BCUT2D eigenvalue weighted by Crippen LogP contribution is -2.53. The fourth-order valence-electron chi connectivity index (χ4n) is 3.02. The average molecular weight is 226 g/mol. The maximum atomic E-state index is 12.2. The second kappa shape index (κ2) is 4.17. The topological polar surface area (TPSA) is 63.6 Å². The molecule has 0 aromatic rings. The van der Waals surface area contributed by atoms with E-state index in [1.165, 1.54) is 0 Å². The quantitative estimate of drug-likeness (QED) is 0.565. The fourth-order valence-corrected chi connectivity index (χ4v) is 3.02. The van der Waals surface area contributed by atoms with Crippen molar-refractivity contribution in [3.8, 4) is 0 Å². The Hall–Kier alpha value is -0.900. The maximum Gasteiger partial charge on any atom is 0.319 e. The number of Topliss-reactive ketones (excluding diaryl/α,β-unsaturated/α-hetero) is 1. The first-order chi connectivity index (χ1) is 7.62. The molecule has 90 valence electrons. The first kappa shape index (κ1) is 11.6. The van der Waals surface area contributed by atoms with Crippen molar-refractivity contribution in [2.45, 2.75) is 45.1 Å². The molecule has 0 heterocycles. The monoisotopic (exact) mass is 226 g/mol. The standard InChI is InChI=1S/C12H18O4/c1-2-16-11(15)12-6-3-4-8(10(12)14)9(13)5-7-12/h8-9,13H,2-7H2,1H3. The van der Waals surface area contributed by atoms with E-state index < -0.39 is 11.5 Å². The van der Waals surface area contributed by atoms with Crippen LogP contribution in [0.3, 0.4) is 0 Å². The molecule has 2 aliphatic rings. The number of ether oxygens (including phenoxy) is 1. The number of esters is 1. The van der Waals surface area contributed by atoms with Gasteiger partial charge >= 0.3 is 5.97 Å².